The zero-order valence-corrected chi connectivity index (χ0v) is 17.1. The van der Waals surface area contributed by atoms with E-state index in [9.17, 15) is 9.59 Å². The van der Waals surface area contributed by atoms with E-state index >= 15 is 0 Å². The second kappa shape index (κ2) is 8.15. The Bertz CT molecular complexity index is 948. The van der Waals surface area contributed by atoms with Crippen LogP contribution in [0.3, 0.4) is 0 Å². The normalized spacial score (nSPS) is 19.1. The average molecular weight is 393 g/mol. The van der Waals surface area contributed by atoms with Crippen LogP contribution in [0.15, 0.2) is 59.3 Å². The molecule has 1 aromatic heterocycles. The standard InChI is InChI=1S/C23H28N4O2/c1-17-13-19(15-25(2)22(17)28)21-24-20(23(29)26-11-7-4-8-12-26)16-27(21)14-18-9-5-3-6-10-18/h3,5-6,9-10,13,15-16,21,24H,4,7-8,11-12,14H2,1-2H3. The Morgan fingerprint density at radius 3 is 2.55 bits per heavy atom. The maximum absolute atomic E-state index is 13.1. The predicted octanol–water partition coefficient (Wildman–Crippen LogP) is 2.65. The van der Waals surface area contributed by atoms with Gasteiger partial charge in [0.25, 0.3) is 11.5 Å². The van der Waals surface area contributed by atoms with E-state index in [4.69, 9.17) is 0 Å². The molecule has 0 aliphatic carbocycles. The summed E-state index contributed by atoms with van der Waals surface area (Å²) in [5, 5.41) is 3.43. The summed E-state index contributed by atoms with van der Waals surface area (Å²) in [6, 6.07) is 12.1. The number of likely N-dealkylation sites (tertiary alicyclic amines) is 1. The third-order valence-corrected chi connectivity index (χ3v) is 5.70. The number of amides is 1. The van der Waals surface area contributed by atoms with Crippen molar-refractivity contribution in [1.29, 1.82) is 0 Å². The highest BCUT2D eigenvalue weighted by Gasteiger charge is 2.31. The van der Waals surface area contributed by atoms with Gasteiger partial charge < -0.3 is 19.7 Å². The van der Waals surface area contributed by atoms with E-state index in [-0.39, 0.29) is 17.6 Å². The number of rotatable bonds is 4. The summed E-state index contributed by atoms with van der Waals surface area (Å²) in [7, 11) is 1.77. The first-order valence-corrected chi connectivity index (χ1v) is 10.3. The predicted molar refractivity (Wildman–Crippen MR) is 113 cm³/mol. The lowest BCUT2D eigenvalue weighted by Crippen LogP contribution is -2.39. The summed E-state index contributed by atoms with van der Waals surface area (Å²) in [6.07, 6.45) is 6.93. The van der Waals surface area contributed by atoms with Gasteiger partial charge in [-0.2, -0.15) is 0 Å². The van der Waals surface area contributed by atoms with Crippen LogP contribution in [0.1, 0.15) is 42.1 Å². The first-order chi connectivity index (χ1) is 14.0. The maximum Gasteiger partial charge on any atom is 0.271 e. The van der Waals surface area contributed by atoms with E-state index in [1.54, 1.807) is 11.6 Å². The van der Waals surface area contributed by atoms with Crippen molar-refractivity contribution in [2.24, 2.45) is 7.05 Å². The van der Waals surface area contributed by atoms with Gasteiger partial charge in [0.05, 0.1) is 0 Å². The van der Waals surface area contributed by atoms with Crippen molar-refractivity contribution in [3.05, 3.63) is 81.5 Å². The molecular weight excluding hydrogens is 364 g/mol. The Balaban J connectivity index is 1.64. The third-order valence-electron chi connectivity index (χ3n) is 5.70. The Labute approximate surface area is 171 Å². The van der Waals surface area contributed by atoms with Gasteiger partial charge in [-0.1, -0.05) is 30.3 Å². The number of aryl methyl sites for hydroxylation is 2. The number of hydrogen-bond donors (Lipinski definition) is 1. The second-order valence-corrected chi connectivity index (χ2v) is 7.97. The largest absolute Gasteiger partial charge is 0.356 e. The fourth-order valence-corrected chi connectivity index (χ4v) is 4.16. The second-order valence-electron chi connectivity index (χ2n) is 7.97. The lowest BCUT2D eigenvalue weighted by Gasteiger charge is -2.28. The molecule has 6 heteroatoms. The van der Waals surface area contributed by atoms with Crippen LogP contribution in [-0.4, -0.2) is 33.4 Å². The molecule has 1 amide bonds. The number of nitrogens with zero attached hydrogens (tertiary/aromatic N) is 3. The van der Waals surface area contributed by atoms with Gasteiger partial charge in [0.15, 0.2) is 0 Å². The highest BCUT2D eigenvalue weighted by Crippen LogP contribution is 2.28. The van der Waals surface area contributed by atoms with Crippen LogP contribution in [0, 0.1) is 6.92 Å². The van der Waals surface area contributed by atoms with Gasteiger partial charge >= 0.3 is 0 Å². The molecule has 2 aliphatic heterocycles. The molecule has 0 bridgehead atoms. The van der Waals surface area contributed by atoms with Gasteiger partial charge in [-0.15, -0.1) is 0 Å². The van der Waals surface area contributed by atoms with Crippen molar-refractivity contribution in [1.82, 2.24) is 19.7 Å². The molecule has 152 valence electrons. The zero-order chi connectivity index (χ0) is 20.4. The van der Waals surface area contributed by atoms with Crippen LogP contribution >= 0.6 is 0 Å². The third kappa shape index (κ3) is 4.06. The van der Waals surface area contributed by atoms with Crippen LogP contribution < -0.4 is 10.9 Å². The Morgan fingerprint density at radius 2 is 1.86 bits per heavy atom. The van der Waals surface area contributed by atoms with E-state index in [0.29, 0.717) is 17.8 Å². The Hall–Kier alpha value is -3.02. The van der Waals surface area contributed by atoms with Gasteiger partial charge in [-0.25, -0.2) is 0 Å². The molecular formula is C23H28N4O2. The van der Waals surface area contributed by atoms with Crippen LogP contribution in [0.2, 0.25) is 0 Å². The molecule has 0 saturated carbocycles. The molecule has 29 heavy (non-hydrogen) atoms. The summed E-state index contributed by atoms with van der Waals surface area (Å²) in [5.41, 5.74) is 3.46. The molecule has 3 heterocycles. The smallest absolute Gasteiger partial charge is 0.271 e. The first kappa shape index (κ1) is 19.3. The van der Waals surface area contributed by atoms with Crippen LogP contribution in [0.4, 0.5) is 0 Å². The fourth-order valence-electron chi connectivity index (χ4n) is 4.16. The first-order valence-electron chi connectivity index (χ1n) is 10.3. The molecule has 0 radical (unpaired) electrons. The van der Waals surface area contributed by atoms with E-state index in [0.717, 1.165) is 31.5 Å². The zero-order valence-electron chi connectivity index (χ0n) is 17.1. The number of carbonyl (C=O) groups excluding carboxylic acids is 1. The van der Waals surface area contributed by atoms with E-state index in [2.05, 4.69) is 22.3 Å². The molecule has 6 nitrogen and oxygen atoms in total. The Kier molecular flexibility index (Phi) is 5.43. The summed E-state index contributed by atoms with van der Waals surface area (Å²) < 4.78 is 1.61. The summed E-state index contributed by atoms with van der Waals surface area (Å²) >= 11 is 0. The van der Waals surface area contributed by atoms with Gasteiger partial charge in [-0.05, 0) is 37.8 Å². The lowest BCUT2D eigenvalue weighted by molar-refractivity contribution is -0.128. The quantitative estimate of drug-likeness (QED) is 0.869. The molecule has 4 rings (SSSR count). The van der Waals surface area contributed by atoms with E-state index in [1.807, 2.05) is 48.5 Å². The minimum absolute atomic E-state index is 0.000989. The van der Waals surface area contributed by atoms with E-state index in [1.165, 1.54) is 12.0 Å². The number of aromatic nitrogens is 1. The van der Waals surface area contributed by atoms with Crippen LogP contribution in [0.25, 0.3) is 0 Å². The fraction of sp³-hybridized carbons (Fsp3) is 0.391. The summed E-state index contributed by atoms with van der Waals surface area (Å²) in [6.45, 7) is 4.15. The lowest BCUT2D eigenvalue weighted by atomic mass is 10.1. The number of carbonyl (C=O) groups is 1. The van der Waals surface area contributed by atoms with Crippen LogP contribution in [-0.2, 0) is 18.4 Å². The van der Waals surface area contributed by atoms with Gasteiger partial charge in [-0.3, -0.25) is 9.59 Å². The summed E-state index contributed by atoms with van der Waals surface area (Å²) in [5.74, 6) is 0.0619. The molecule has 1 atom stereocenters. The molecule has 1 fully saturated rings. The molecule has 1 unspecified atom stereocenters. The van der Waals surface area contributed by atoms with Gasteiger partial charge in [0, 0.05) is 50.2 Å². The molecule has 0 spiro atoms. The number of nitrogens with one attached hydrogen (secondary N) is 1. The number of hydrogen-bond acceptors (Lipinski definition) is 4. The molecule has 2 aliphatic rings. The van der Waals surface area contributed by atoms with Crippen LogP contribution in [0.5, 0.6) is 0 Å². The van der Waals surface area contributed by atoms with E-state index < -0.39 is 0 Å². The Morgan fingerprint density at radius 1 is 1.14 bits per heavy atom. The SMILES string of the molecule is Cc1cc(C2NC(C(=O)N3CCCCC3)=CN2Cc2ccccc2)cn(C)c1=O. The topological polar surface area (TPSA) is 57.6 Å². The van der Waals surface area contributed by atoms with Gasteiger partial charge in [0.1, 0.15) is 11.9 Å². The molecule has 1 saturated heterocycles. The summed E-state index contributed by atoms with van der Waals surface area (Å²) in [4.78, 5) is 29.3. The number of benzene rings is 1. The number of pyridine rings is 1. The molecule has 1 N–H and O–H groups in total. The average Bonchev–Trinajstić information content (AvgIpc) is 3.16. The molecule has 2 aromatic rings. The highest BCUT2D eigenvalue weighted by molar-refractivity contribution is 5.93. The van der Waals surface area contributed by atoms with Crippen molar-refractivity contribution in [3.63, 3.8) is 0 Å². The minimum Gasteiger partial charge on any atom is -0.356 e. The monoisotopic (exact) mass is 392 g/mol. The minimum atomic E-state index is -0.190. The maximum atomic E-state index is 13.1. The van der Waals surface area contributed by atoms with Crippen molar-refractivity contribution in [2.45, 2.75) is 38.9 Å². The van der Waals surface area contributed by atoms with Crippen molar-refractivity contribution < 1.29 is 4.79 Å². The number of piperidine rings is 1. The van der Waals surface area contributed by atoms with Crippen molar-refractivity contribution in [3.8, 4) is 0 Å². The van der Waals surface area contributed by atoms with Crippen molar-refractivity contribution in [2.75, 3.05) is 13.1 Å². The molecule has 1 aromatic carbocycles. The van der Waals surface area contributed by atoms with Crippen molar-refractivity contribution >= 4 is 5.91 Å². The van der Waals surface area contributed by atoms with Gasteiger partial charge in [0.2, 0.25) is 0 Å². The highest BCUT2D eigenvalue weighted by atomic mass is 16.2.